The standard InChI is InChI=1S/C24H25N5O2/c30-23(17-27-13-15-28(16-14-27)24-25-11-6-12-26-24)29-20-9-4-5-10-22(20)31-18-21(29)19-7-2-1-3-8-19/h1-12,21H,13-18H2/t21-/m1/s1. The third-order valence-electron chi connectivity index (χ3n) is 5.85. The number of piperazine rings is 1. The van der Waals surface area contributed by atoms with Gasteiger partial charge >= 0.3 is 0 Å². The van der Waals surface area contributed by atoms with E-state index in [2.05, 4.69) is 31.9 Å². The van der Waals surface area contributed by atoms with Gasteiger partial charge in [-0.25, -0.2) is 9.97 Å². The van der Waals surface area contributed by atoms with Gasteiger partial charge in [-0.05, 0) is 23.8 Å². The van der Waals surface area contributed by atoms with Crippen molar-refractivity contribution in [2.45, 2.75) is 6.04 Å². The molecule has 0 N–H and O–H groups in total. The Kier molecular flexibility index (Phi) is 5.50. The molecule has 7 nitrogen and oxygen atoms in total. The van der Waals surface area contributed by atoms with Crippen molar-refractivity contribution in [2.24, 2.45) is 0 Å². The zero-order valence-corrected chi connectivity index (χ0v) is 17.3. The molecule has 2 aromatic carbocycles. The number of carbonyl (C=O) groups excluding carboxylic acids is 1. The lowest BCUT2D eigenvalue weighted by Gasteiger charge is -2.39. The van der Waals surface area contributed by atoms with Gasteiger partial charge in [-0.2, -0.15) is 0 Å². The minimum Gasteiger partial charge on any atom is -0.489 e. The smallest absolute Gasteiger partial charge is 0.241 e. The highest BCUT2D eigenvalue weighted by Crippen LogP contribution is 2.39. The van der Waals surface area contributed by atoms with E-state index in [0.717, 1.165) is 49.1 Å². The molecule has 1 fully saturated rings. The molecular weight excluding hydrogens is 390 g/mol. The summed E-state index contributed by atoms with van der Waals surface area (Å²) in [4.78, 5) is 28.5. The van der Waals surface area contributed by atoms with Crippen LogP contribution in [0.4, 0.5) is 11.6 Å². The van der Waals surface area contributed by atoms with Gasteiger partial charge in [0.15, 0.2) is 0 Å². The highest BCUT2D eigenvalue weighted by molar-refractivity contribution is 5.97. The van der Waals surface area contributed by atoms with Crippen LogP contribution in [0, 0.1) is 0 Å². The fraction of sp³-hybridized carbons (Fsp3) is 0.292. The van der Waals surface area contributed by atoms with Crippen molar-refractivity contribution in [1.29, 1.82) is 0 Å². The van der Waals surface area contributed by atoms with Gasteiger partial charge in [-0.1, -0.05) is 42.5 Å². The molecule has 5 rings (SSSR count). The topological polar surface area (TPSA) is 61.8 Å². The van der Waals surface area contributed by atoms with Crippen molar-refractivity contribution >= 4 is 17.5 Å². The molecular formula is C24H25N5O2. The molecule has 0 unspecified atom stereocenters. The molecule has 2 aliphatic rings. The van der Waals surface area contributed by atoms with E-state index in [-0.39, 0.29) is 11.9 Å². The summed E-state index contributed by atoms with van der Waals surface area (Å²) in [5.74, 6) is 1.60. The summed E-state index contributed by atoms with van der Waals surface area (Å²) < 4.78 is 6.00. The minimum absolute atomic E-state index is 0.0917. The third-order valence-corrected chi connectivity index (χ3v) is 5.85. The predicted octanol–water partition coefficient (Wildman–Crippen LogP) is 2.77. The zero-order valence-electron chi connectivity index (χ0n) is 17.3. The largest absolute Gasteiger partial charge is 0.489 e. The lowest BCUT2D eigenvalue weighted by atomic mass is 10.0. The predicted molar refractivity (Wildman–Crippen MR) is 119 cm³/mol. The molecule has 1 amide bonds. The van der Waals surface area contributed by atoms with Crippen LogP contribution in [-0.4, -0.2) is 60.1 Å². The van der Waals surface area contributed by atoms with Gasteiger partial charge in [0.2, 0.25) is 11.9 Å². The fourth-order valence-electron chi connectivity index (χ4n) is 4.25. The maximum atomic E-state index is 13.6. The van der Waals surface area contributed by atoms with E-state index >= 15 is 0 Å². The van der Waals surface area contributed by atoms with E-state index in [1.54, 1.807) is 12.4 Å². The number of anilines is 2. The summed E-state index contributed by atoms with van der Waals surface area (Å²) in [6, 6.07) is 19.6. The first-order valence-corrected chi connectivity index (χ1v) is 10.6. The summed E-state index contributed by atoms with van der Waals surface area (Å²) in [7, 11) is 0. The van der Waals surface area contributed by atoms with E-state index in [1.165, 1.54) is 0 Å². The maximum Gasteiger partial charge on any atom is 0.241 e. The van der Waals surface area contributed by atoms with Gasteiger partial charge < -0.3 is 9.64 Å². The minimum atomic E-state index is -0.136. The van der Waals surface area contributed by atoms with Crippen LogP contribution in [-0.2, 0) is 4.79 Å². The monoisotopic (exact) mass is 415 g/mol. The molecule has 31 heavy (non-hydrogen) atoms. The molecule has 0 radical (unpaired) electrons. The number of ether oxygens (including phenoxy) is 1. The number of hydrogen-bond acceptors (Lipinski definition) is 6. The van der Waals surface area contributed by atoms with E-state index < -0.39 is 0 Å². The van der Waals surface area contributed by atoms with Gasteiger partial charge in [-0.15, -0.1) is 0 Å². The number of carbonyl (C=O) groups is 1. The summed E-state index contributed by atoms with van der Waals surface area (Å²) in [6.07, 6.45) is 3.52. The Labute approximate surface area is 181 Å². The van der Waals surface area contributed by atoms with Gasteiger partial charge in [-0.3, -0.25) is 14.6 Å². The van der Waals surface area contributed by atoms with E-state index in [9.17, 15) is 4.79 Å². The summed E-state index contributed by atoms with van der Waals surface area (Å²) in [6.45, 7) is 4.03. The zero-order chi connectivity index (χ0) is 21.0. The molecule has 0 spiro atoms. The third kappa shape index (κ3) is 4.09. The van der Waals surface area contributed by atoms with Crippen LogP contribution in [0.5, 0.6) is 5.75 Å². The Morgan fingerprint density at radius 3 is 2.39 bits per heavy atom. The maximum absolute atomic E-state index is 13.6. The number of rotatable bonds is 4. The molecule has 1 saturated heterocycles. The van der Waals surface area contributed by atoms with Crippen molar-refractivity contribution in [3.8, 4) is 5.75 Å². The van der Waals surface area contributed by atoms with Crippen LogP contribution in [0.15, 0.2) is 73.1 Å². The molecule has 2 aliphatic heterocycles. The highest BCUT2D eigenvalue weighted by atomic mass is 16.5. The number of amides is 1. The quantitative estimate of drug-likeness (QED) is 0.653. The molecule has 1 atom stereocenters. The summed E-state index contributed by atoms with van der Waals surface area (Å²) >= 11 is 0. The van der Waals surface area contributed by atoms with Crippen molar-refractivity contribution in [2.75, 3.05) is 49.1 Å². The molecule has 3 heterocycles. The first-order valence-electron chi connectivity index (χ1n) is 10.6. The molecule has 3 aromatic rings. The van der Waals surface area contributed by atoms with Crippen molar-refractivity contribution < 1.29 is 9.53 Å². The number of benzene rings is 2. The van der Waals surface area contributed by atoms with Crippen LogP contribution >= 0.6 is 0 Å². The molecule has 0 bridgehead atoms. The fourth-order valence-corrected chi connectivity index (χ4v) is 4.25. The summed E-state index contributed by atoms with van der Waals surface area (Å²) in [5, 5.41) is 0. The van der Waals surface area contributed by atoms with Crippen molar-refractivity contribution in [3.05, 3.63) is 78.6 Å². The number of fused-ring (bicyclic) bond motifs is 1. The van der Waals surface area contributed by atoms with Crippen LogP contribution in [0.25, 0.3) is 0 Å². The SMILES string of the molecule is O=C(CN1CCN(c2ncccn2)CC1)N1c2ccccc2OC[C@@H]1c1ccccc1. The molecule has 158 valence electrons. The number of para-hydroxylation sites is 2. The number of hydrogen-bond donors (Lipinski definition) is 0. The number of aromatic nitrogens is 2. The van der Waals surface area contributed by atoms with Crippen molar-refractivity contribution in [1.82, 2.24) is 14.9 Å². The Hall–Kier alpha value is -3.45. The van der Waals surface area contributed by atoms with Gasteiger partial charge in [0.1, 0.15) is 12.4 Å². The van der Waals surface area contributed by atoms with Crippen LogP contribution in [0.3, 0.4) is 0 Å². The van der Waals surface area contributed by atoms with Gasteiger partial charge in [0.05, 0.1) is 18.3 Å². The molecule has 7 heteroatoms. The Bertz CT molecular complexity index is 1020. The van der Waals surface area contributed by atoms with Gasteiger partial charge in [0.25, 0.3) is 0 Å². The lowest BCUT2D eigenvalue weighted by molar-refractivity contribution is -0.120. The first kappa shape index (κ1) is 19.5. The average molecular weight is 415 g/mol. The highest BCUT2D eigenvalue weighted by Gasteiger charge is 2.34. The lowest BCUT2D eigenvalue weighted by Crippen LogP contribution is -2.52. The van der Waals surface area contributed by atoms with Gasteiger partial charge in [0, 0.05) is 38.6 Å². The van der Waals surface area contributed by atoms with Crippen LogP contribution in [0.2, 0.25) is 0 Å². The second-order valence-corrected chi connectivity index (χ2v) is 7.78. The van der Waals surface area contributed by atoms with Crippen molar-refractivity contribution in [3.63, 3.8) is 0 Å². The normalized spacial score (nSPS) is 18.9. The number of nitrogens with zero attached hydrogens (tertiary/aromatic N) is 5. The van der Waals surface area contributed by atoms with E-state index in [0.29, 0.717) is 13.2 Å². The Morgan fingerprint density at radius 1 is 0.903 bits per heavy atom. The average Bonchev–Trinajstić information content (AvgIpc) is 2.85. The molecule has 0 aliphatic carbocycles. The summed E-state index contributed by atoms with van der Waals surface area (Å²) in [5.41, 5.74) is 1.92. The first-order chi connectivity index (χ1) is 15.3. The Morgan fingerprint density at radius 2 is 1.61 bits per heavy atom. The van der Waals surface area contributed by atoms with E-state index in [4.69, 9.17) is 4.74 Å². The van der Waals surface area contributed by atoms with Crippen LogP contribution in [0.1, 0.15) is 11.6 Å². The second kappa shape index (κ2) is 8.73. The van der Waals surface area contributed by atoms with E-state index in [1.807, 2.05) is 53.4 Å². The Balaban J connectivity index is 1.32. The second-order valence-electron chi connectivity index (χ2n) is 7.78. The van der Waals surface area contributed by atoms with Crippen LogP contribution < -0.4 is 14.5 Å². The molecule has 0 saturated carbocycles. The molecule has 1 aromatic heterocycles.